The number of carboxylic acids is 1. The van der Waals surface area contributed by atoms with E-state index in [0.29, 0.717) is 37.2 Å². The van der Waals surface area contributed by atoms with Crippen LogP contribution in [0.1, 0.15) is 44.0 Å². The molecule has 1 aromatic rings. The fourth-order valence-corrected chi connectivity index (χ4v) is 2.77. The van der Waals surface area contributed by atoms with E-state index in [1.54, 1.807) is 29.2 Å². The minimum Gasteiger partial charge on any atom is -0.481 e. The van der Waals surface area contributed by atoms with Gasteiger partial charge in [0.2, 0.25) is 5.91 Å². The third kappa shape index (κ3) is 4.81. The fourth-order valence-electron chi connectivity index (χ4n) is 2.77. The van der Waals surface area contributed by atoms with E-state index < -0.39 is 5.97 Å². The van der Waals surface area contributed by atoms with E-state index in [1.807, 2.05) is 20.8 Å². The highest BCUT2D eigenvalue weighted by atomic mass is 16.4. The number of benzene rings is 1. The zero-order valence-electron chi connectivity index (χ0n) is 15.0. The molecule has 1 aliphatic heterocycles. The lowest BCUT2D eigenvalue weighted by atomic mass is 9.96. The zero-order valence-corrected chi connectivity index (χ0v) is 15.0. The van der Waals surface area contributed by atoms with Gasteiger partial charge in [0.15, 0.2) is 0 Å². The molecule has 1 saturated heterocycles. The third-order valence-electron chi connectivity index (χ3n) is 4.94. The molecular weight excluding hydrogens is 320 g/mol. The summed E-state index contributed by atoms with van der Waals surface area (Å²) in [7, 11) is 0. The van der Waals surface area contributed by atoms with Gasteiger partial charge in [-0.3, -0.25) is 14.4 Å². The van der Waals surface area contributed by atoms with E-state index in [4.69, 9.17) is 5.11 Å². The number of anilines is 1. The van der Waals surface area contributed by atoms with Gasteiger partial charge in [0.1, 0.15) is 0 Å². The van der Waals surface area contributed by atoms with Crippen molar-refractivity contribution < 1.29 is 19.5 Å². The van der Waals surface area contributed by atoms with Crippen LogP contribution in [-0.4, -0.2) is 40.9 Å². The number of piperidine rings is 1. The summed E-state index contributed by atoms with van der Waals surface area (Å²) in [6.45, 7) is 6.80. The van der Waals surface area contributed by atoms with Crippen LogP contribution >= 0.6 is 0 Å². The third-order valence-corrected chi connectivity index (χ3v) is 4.94. The van der Waals surface area contributed by atoms with Gasteiger partial charge in [-0.2, -0.15) is 0 Å². The summed E-state index contributed by atoms with van der Waals surface area (Å²) >= 11 is 0. The van der Waals surface area contributed by atoms with Gasteiger partial charge in [0.25, 0.3) is 5.91 Å². The Hall–Kier alpha value is -2.37. The van der Waals surface area contributed by atoms with E-state index in [0.717, 1.165) is 0 Å². The number of nitrogens with one attached hydrogen (secondary N) is 1. The molecule has 1 unspecified atom stereocenters. The first-order valence-corrected chi connectivity index (χ1v) is 8.72. The highest BCUT2D eigenvalue weighted by Gasteiger charge is 2.27. The van der Waals surface area contributed by atoms with Crippen molar-refractivity contribution in [2.75, 3.05) is 18.4 Å². The number of amides is 2. The van der Waals surface area contributed by atoms with Crippen molar-refractivity contribution in [2.45, 2.75) is 33.6 Å². The quantitative estimate of drug-likeness (QED) is 0.858. The number of nitrogens with zero attached hydrogens (tertiary/aromatic N) is 1. The first-order chi connectivity index (χ1) is 11.8. The average Bonchev–Trinajstić information content (AvgIpc) is 2.61. The number of aliphatic carboxylic acids is 1. The molecule has 0 saturated carbocycles. The predicted octanol–water partition coefficient (Wildman–Crippen LogP) is 2.85. The minimum absolute atomic E-state index is 0.0372. The highest BCUT2D eigenvalue weighted by molar-refractivity contribution is 5.96. The van der Waals surface area contributed by atoms with Crippen molar-refractivity contribution in [1.29, 1.82) is 0 Å². The van der Waals surface area contributed by atoms with Gasteiger partial charge in [-0.1, -0.05) is 20.8 Å². The molecule has 6 heteroatoms. The number of carboxylic acid groups (broad SMARTS) is 1. The lowest BCUT2D eigenvalue weighted by molar-refractivity contribution is -0.143. The monoisotopic (exact) mass is 346 g/mol. The molecule has 1 heterocycles. The summed E-state index contributed by atoms with van der Waals surface area (Å²) < 4.78 is 0. The normalized spacial score (nSPS) is 16.6. The van der Waals surface area contributed by atoms with Crippen LogP contribution < -0.4 is 5.32 Å². The van der Waals surface area contributed by atoms with Crippen LogP contribution in [0.15, 0.2) is 24.3 Å². The molecule has 2 amide bonds. The second-order valence-electron chi connectivity index (χ2n) is 7.00. The first kappa shape index (κ1) is 19.0. The number of carbonyl (C=O) groups excluding carboxylic acids is 2. The summed E-state index contributed by atoms with van der Waals surface area (Å²) in [6, 6.07) is 6.84. The highest BCUT2D eigenvalue weighted by Crippen LogP contribution is 2.20. The van der Waals surface area contributed by atoms with Crippen molar-refractivity contribution in [1.82, 2.24) is 4.90 Å². The molecule has 1 fully saturated rings. The summed E-state index contributed by atoms with van der Waals surface area (Å²) in [5.41, 5.74) is 1.21. The topological polar surface area (TPSA) is 86.7 Å². The van der Waals surface area contributed by atoms with Crippen LogP contribution in [-0.2, 0) is 9.59 Å². The van der Waals surface area contributed by atoms with Gasteiger partial charge < -0.3 is 15.3 Å². The van der Waals surface area contributed by atoms with Crippen molar-refractivity contribution in [2.24, 2.45) is 17.8 Å². The van der Waals surface area contributed by atoms with Crippen molar-refractivity contribution in [3.05, 3.63) is 29.8 Å². The maximum absolute atomic E-state index is 12.5. The molecule has 25 heavy (non-hydrogen) atoms. The van der Waals surface area contributed by atoms with E-state index in [9.17, 15) is 14.4 Å². The lowest BCUT2D eigenvalue weighted by Gasteiger charge is -2.30. The van der Waals surface area contributed by atoms with E-state index in [1.165, 1.54) is 0 Å². The molecule has 6 nitrogen and oxygen atoms in total. The summed E-state index contributed by atoms with van der Waals surface area (Å²) in [6.07, 6.45) is 0.977. The van der Waals surface area contributed by atoms with E-state index >= 15 is 0 Å². The van der Waals surface area contributed by atoms with Crippen LogP contribution in [0.4, 0.5) is 5.69 Å². The smallest absolute Gasteiger partial charge is 0.306 e. The second-order valence-corrected chi connectivity index (χ2v) is 7.00. The molecule has 2 N–H and O–H groups in total. The van der Waals surface area contributed by atoms with E-state index in [-0.39, 0.29) is 29.6 Å². The van der Waals surface area contributed by atoms with Crippen molar-refractivity contribution in [3.63, 3.8) is 0 Å². The Morgan fingerprint density at radius 3 is 2.12 bits per heavy atom. The zero-order chi connectivity index (χ0) is 18.6. The van der Waals surface area contributed by atoms with Crippen LogP contribution in [0.5, 0.6) is 0 Å². The molecule has 1 aliphatic rings. The van der Waals surface area contributed by atoms with Gasteiger partial charge in [-0.15, -0.1) is 0 Å². The van der Waals surface area contributed by atoms with Crippen LogP contribution in [0, 0.1) is 17.8 Å². The van der Waals surface area contributed by atoms with Gasteiger partial charge in [-0.05, 0) is 43.0 Å². The first-order valence-electron chi connectivity index (χ1n) is 8.72. The minimum atomic E-state index is -0.789. The maximum atomic E-state index is 12.5. The van der Waals surface area contributed by atoms with Crippen molar-refractivity contribution >= 4 is 23.5 Å². The number of rotatable bonds is 5. The molecule has 1 aromatic carbocycles. The van der Waals surface area contributed by atoms with E-state index in [2.05, 4.69) is 5.32 Å². The molecule has 0 bridgehead atoms. The van der Waals surface area contributed by atoms with Gasteiger partial charge >= 0.3 is 5.97 Å². The Labute approximate surface area is 148 Å². The fraction of sp³-hybridized carbons (Fsp3) is 0.526. The largest absolute Gasteiger partial charge is 0.481 e. The standard InChI is InChI=1S/C19H26N2O4/c1-12(2)13(3)17(22)20-16-6-4-14(5-7-16)18(23)21-10-8-15(9-11-21)19(24)25/h4-7,12-13,15H,8-11H2,1-3H3,(H,20,22)(H,24,25). The number of hydrogen-bond donors (Lipinski definition) is 2. The Bertz CT molecular complexity index is 631. The molecule has 136 valence electrons. The maximum Gasteiger partial charge on any atom is 0.306 e. The second kappa shape index (κ2) is 8.14. The Morgan fingerprint density at radius 2 is 1.64 bits per heavy atom. The predicted molar refractivity (Wildman–Crippen MR) is 95.3 cm³/mol. The average molecular weight is 346 g/mol. The number of likely N-dealkylation sites (tertiary alicyclic amines) is 1. The molecule has 0 aromatic heterocycles. The Kier molecular flexibility index (Phi) is 6.17. The molecule has 2 rings (SSSR count). The lowest BCUT2D eigenvalue weighted by Crippen LogP contribution is -2.40. The molecule has 0 spiro atoms. The molecule has 0 aliphatic carbocycles. The van der Waals surface area contributed by atoms with Crippen LogP contribution in [0.25, 0.3) is 0 Å². The summed E-state index contributed by atoms with van der Waals surface area (Å²) in [5, 5.41) is 11.9. The SMILES string of the molecule is CC(C)C(C)C(=O)Nc1ccc(C(=O)N2CCC(C(=O)O)CC2)cc1. The Balaban J connectivity index is 1.94. The summed E-state index contributed by atoms with van der Waals surface area (Å²) in [5.74, 6) is -1.11. The van der Waals surface area contributed by atoms with Gasteiger partial charge in [0, 0.05) is 30.3 Å². The van der Waals surface area contributed by atoms with Crippen molar-refractivity contribution in [3.8, 4) is 0 Å². The molecule has 0 radical (unpaired) electrons. The Morgan fingerprint density at radius 1 is 1.08 bits per heavy atom. The number of carbonyl (C=O) groups is 3. The van der Waals surface area contributed by atoms with Gasteiger partial charge in [0.05, 0.1) is 5.92 Å². The molecular formula is C19H26N2O4. The summed E-state index contributed by atoms with van der Waals surface area (Å²) in [4.78, 5) is 37.2. The van der Waals surface area contributed by atoms with Gasteiger partial charge in [-0.25, -0.2) is 0 Å². The molecule has 1 atom stereocenters. The van der Waals surface area contributed by atoms with Crippen LogP contribution in [0.3, 0.4) is 0 Å². The number of hydrogen-bond acceptors (Lipinski definition) is 3. The van der Waals surface area contributed by atoms with Crippen LogP contribution in [0.2, 0.25) is 0 Å².